The number of nitrogen functional groups attached to an aromatic ring is 1. The number of hydrogen-bond donors (Lipinski definition) is 2. The number of carboxylic acid groups (broad SMARTS) is 1. The minimum Gasteiger partial charge on any atom is -0.478 e. The quantitative estimate of drug-likeness (QED) is 0.487. The van der Waals surface area contributed by atoms with Crippen molar-refractivity contribution in [2.24, 2.45) is 0 Å². The first-order valence-electron chi connectivity index (χ1n) is 3.10. The summed E-state index contributed by atoms with van der Waals surface area (Å²) in [6, 6.07) is 2.67. The van der Waals surface area contributed by atoms with Gasteiger partial charge in [0.15, 0.2) is 0 Å². The van der Waals surface area contributed by atoms with E-state index in [1.807, 2.05) is 0 Å². The molecular weight excluding hydrogens is 176 g/mol. The maximum atomic E-state index is 10.5. The third kappa shape index (κ3) is 1.53. The number of aromatic carboxylic acids is 1. The van der Waals surface area contributed by atoms with E-state index < -0.39 is 5.97 Å². The minimum atomic E-state index is -1.14. The Kier molecular flexibility index (Phi) is 2.28. The second-order valence-corrected chi connectivity index (χ2v) is 2.70. The predicted molar refractivity (Wildman–Crippen MR) is 48.2 cm³/mol. The molecule has 0 unspecified atom stereocenters. The van der Waals surface area contributed by atoms with Crippen LogP contribution in [0.5, 0.6) is 0 Å². The zero-order chi connectivity index (χ0) is 9.30. The first kappa shape index (κ1) is 8.94. The van der Waals surface area contributed by atoms with Gasteiger partial charge >= 0.3 is 5.97 Å². The molecule has 0 saturated carbocycles. The van der Waals surface area contributed by atoms with Crippen LogP contribution in [0.25, 0.3) is 0 Å². The van der Waals surface area contributed by atoms with E-state index in [-0.39, 0.29) is 21.7 Å². The average molecular weight is 181 g/mol. The summed E-state index contributed by atoms with van der Waals surface area (Å²) >= 11 is 5.57. The topological polar surface area (TPSA) is 63.3 Å². The molecule has 5 heteroatoms. The molecule has 12 heavy (non-hydrogen) atoms. The van der Waals surface area contributed by atoms with Crippen LogP contribution in [0.15, 0.2) is 12.1 Å². The van der Waals surface area contributed by atoms with Crippen molar-refractivity contribution in [3.8, 4) is 0 Å². The van der Waals surface area contributed by atoms with Gasteiger partial charge in [0.25, 0.3) is 0 Å². The van der Waals surface area contributed by atoms with Gasteiger partial charge in [-0.05, 0) is 12.1 Å². The highest BCUT2D eigenvalue weighted by Crippen LogP contribution is 2.15. The molecule has 2 radical (unpaired) electrons. The van der Waals surface area contributed by atoms with Crippen molar-refractivity contribution < 1.29 is 9.90 Å². The molecule has 0 atom stereocenters. The molecular formula is C7H5BClNO2. The summed E-state index contributed by atoms with van der Waals surface area (Å²) in [5.41, 5.74) is 5.55. The fraction of sp³-hybridized carbons (Fsp3) is 0. The van der Waals surface area contributed by atoms with Crippen LogP contribution in [0.4, 0.5) is 5.69 Å². The lowest BCUT2D eigenvalue weighted by molar-refractivity contribution is 0.0698. The predicted octanol–water partition coefficient (Wildman–Crippen LogP) is 0.414. The molecule has 0 aromatic heterocycles. The van der Waals surface area contributed by atoms with E-state index in [0.29, 0.717) is 0 Å². The third-order valence-corrected chi connectivity index (χ3v) is 1.63. The molecule has 1 rings (SSSR count). The van der Waals surface area contributed by atoms with Crippen LogP contribution in [0.3, 0.4) is 0 Å². The fourth-order valence-corrected chi connectivity index (χ4v) is 1.04. The largest absolute Gasteiger partial charge is 0.478 e. The second-order valence-electron chi connectivity index (χ2n) is 2.26. The highest BCUT2D eigenvalue weighted by Gasteiger charge is 2.09. The third-order valence-electron chi connectivity index (χ3n) is 1.41. The summed E-state index contributed by atoms with van der Waals surface area (Å²) in [4.78, 5) is 10.5. The number of anilines is 1. The summed E-state index contributed by atoms with van der Waals surface area (Å²) in [5, 5.41) is 8.88. The number of nitrogens with two attached hydrogens (primary N) is 1. The van der Waals surface area contributed by atoms with Gasteiger partial charge in [-0.1, -0.05) is 17.1 Å². The lowest BCUT2D eigenvalue weighted by Crippen LogP contribution is -2.15. The Morgan fingerprint density at radius 1 is 1.58 bits per heavy atom. The standard InChI is InChI=1S/C7H5BClNO2/c8-5-2-3(9)1-4(6(5)10)7(11)12/h1-2H,10H2,(H,11,12). The van der Waals surface area contributed by atoms with Gasteiger partial charge in [-0.15, -0.1) is 0 Å². The van der Waals surface area contributed by atoms with Crippen molar-refractivity contribution in [2.75, 3.05) is 5.73 Å². The van der Waals surface area contributed by atoms with E-state index in [1.165, 1.54) is 12.1 Å². The maximum absolute atomic E-state index is 10.5. The van der Waals surface area contributed by atoms with Crippen molar-refractivity contribution in [1.82, 2.24) is 0 Å². The fourth-order valence-electron chi connectivity index (χ4n) is 0.816. The van der Waals surface area contributed by atoms with Crippen molar-refractivity contribution >= 4 is 36.6 Å². The molecule has 1 aromatic rings. The first-order valence-corrected chi connectivity index (χ1v) is 3.48. The average Bonchev–Trinajstić information content (AvgIpc) is 1.96. The lowest BCUT2D eigenvalue weighted by Gasteiger charge is -2.04. The van der Waals surface area contributed by atoms with E-state index in [4.69, 9.17) is 30.3 Å². The Morgan fingerprint density at radius 2 is 2.17 bits per heavy atom. The Labute approximate surface area is 75.5 Å². The van der Waals surface area contributed by atoms with Crippen molar-refractivity contribution in [3.63, 3.8) is 0 Å². The van der Waals surface area contributed by atoms with E-state index >= 15 is 0 Å². The van der Waals surface area contributed by atoms with Crippen LogP contribution in [0.2, 0.25) is 5.02 Å². The van der Waals surface area contributed by atoms with E-state index in [9.17, 15) is 4.79 Å². The van der Waals surface area contributed by atoms with Crippen LogP contribution in [0.1, 0.15) is 10.4 Å². The molecule has 0 amide bonds. The van der Waals surface area contributed by atoms with Crippen LogP contribution < -0.4 is 11.2 Å². The second kappa shape index (κ2) is 3.07. The minimum absolute atomic E-state index is 0.0481. The zero-order valence-electron chi connectivity index (χ0n) is 6.04. The van der Waals surface area contributed by atoms with Crippen molar-refractivity contribution in [3.05, 3.63) is 22.7 Å². The zero-order valence-corrected chi connectivity index (χ0v) is 6.80. The Balaban J connectivity index is 3.37. The van der Waals surface area contributed by atoms with Gasteiger partial charge in [0, 0.05) is 10.7 Å². The smallest absolute Gasteiger partial charge is 0.337 e. The monoisotopic (exact) mass is 181 g/mol. The Hall–Kier alpha value is -1.16. The van der Waals surface area contributed by atoms with Gasteiger partial charge in [0.2, 0.25) is 0 Å². The van der Waals surface area contributed by atoms with Crippen LogP contribution >= 0.6 is 11.6 Å². The number of halogens is 1. The molecule has 0 heterocycles. The van der Waals surface area contributed by atoms with E-state index in [1.54, 1.807) is 0 Å². The molecule has 0 fully saturated rings. The van der Waals surface area contributed by atoms with Gasteiger partial charge in [-0.25, -0.2) is 4.79 Å². The lowest BCUT2D eigenvalue weighted by atomic mass is 9.92. The number of rotatable bonds is 1. The highest BCUT2D eigenvalue weighted by molar-refractivity contribution is 6.39. The molecule has 1 aromatic carbocycles. The van der Waals surface area contributed by atoms with Crippen LogP contribution in [-0.4, -0.2) is 18.9 Å². The summed E-state index contributed by atoms with van der Waals surface area (Å²) in [6.45, 7) is 0. The molecule has 0 bridgehead atoms. The van der Waals surface area contributed by atoms with Gasteiger partial charge in [-0.2, -0.15) is 0 Å². The maximum Gasteiger partial charge on any atom is 0.337 e. The van der Waals surface area contributed by atoms with Gasteiger partial charge in [-0.3, -0.25) is 0 Å². The van der Waals surface area contributed by atoms with Crippen molar-refractivity contribution in [2.45, 2.75) is 0 Å². The molecule has 0 aliphatic heterocycles. The number of benzene rings is 1. The van der Waals surface area contributed by atoms with Gasteiger partial charge in [0.1, 0.15) is 7.85 Å². The van der Waals surface area contributed by atoms with Crippen molar-refractivity contribution in [1.29, 1.82) is 0 Å². The molecule has 3 nitrogen and oxygen atoms in total. The molecule has 60 valence electrons. The number of carboxylic acids is 1. The van der Waals surface area contributed by atoms with E-state index in [2.05, 4.69) is 0 Å². The van der Waals surface area contributed by atoms with Gasteiger partial charge < -0.3 is 10.8 Å². The normalized spacial score (nSPS) is 9.75. The molecule has 3 N–H and O–H groups in total. The molecule has 0 spiro atoms. The highest BCUT2D eigenvalue weighted by atomic mass is 35.5. The van der Waals surface area contributed by atoms with E-state index in [0.717, 1.165) is 0 Å². The Morgan fingerprint density at radius 3 is 2.67 bits per heavy atom. The summed E-state index contributed by atoms with van der Waals surface area (Å²) in [7, 11) is 5.39. The first-order chi connectivity index (χ1) is 5.52. The SMILES string of the molecule is [B]c1cc(Cl)cc(C(=O)O)c1N. The molecule has 0 aliphatic rings. The molecule has 0 saturated heterocycles. The molecule has 0 aliphatic carbocycles. The summed E-state index contributed by atoms with van der Waals surface area (Å²) in [5.74, 6) is -1.14. The Bertz CT molecular complexity index is 340. The summed E-state index contributed by atoms with van der Waals surface area (Å²) < 4.78 is 0. The van der Waals surface area contributed by atoms with Crippen LogP contribution in [0, 0.1) is 0 Å². The van der Waals surface area contributed by atoms with Crippen LogP contribution in [-0.2, 0) is 0 Å². The number of hydrogen-bond acceptors (Lipinski definition) is 2. The van der Waals surface area contributed by atoms with Gasteiger partial charge in [0.05, 0.1) is 5.56 Å². The summed E-state index contributed by atoms with van der Waals surface area (Å²) in [6.07, 6.45) is 0. The number of carbonyl (C=O) groups is 1.